The molecule has 19 heavy (non-hydrogen) atoms. The third kappa shape index (κ3) is 3.94. The summed E-state index contributed by atoms with van der Waals surface area (Å²) in [5, 5.41) is 0. The molecular weight excluding hydrogens is 260 g/mol. The van der Waals surface area contributed by atoms with Crippen LogP contribution in [0.3, 0.4) is 0 Å². The van der Waals surface area contributed by atoms with Gasteiger partial charge in [0.2, 0.25) is 10.0 Å². The first-order valence-corrected chi connectivity index (χ1v) is 8.40. The number of nitrogens with two attached hydrogens (primary N) is 1. The van der Waals surface area contributed by atoms with Crippen LogP contribution in [0.15, 0.2) is 24.3 Å². The Hall–Kier alpha value is -1.07. The third-order valence-corrected chi connectivity index (χ3v) is 5.52. The smallest absolute Gasteiger partial charge is 0.218 e. The number of nitrogens with zero attached hydrogens (tertiary/aromatic N) is 1. The van der Waals surface area contributed by atoms with Crippen molar-refractivity contribution in [3.05, 3.63) is 29.8 Å². The summed E-state index contributed by atoms with van der Waals surface area (Å²) in [6, 6.07) is 7.11. The van der Waals surface area contributed by atoms with Gasteiger partial charge >= 0.3 is 0 Å². The molecule has 106 valence electrons. The van der Waals surface area contributed by atoms with Crippen LogP contribution in [-0.4, -0.2) is 25.8 Å². The van der Waals surface area contributed by atoms with Crippen LogP contribution in [0, 0.1) is 5.92 Å². The summed E-state index contributed by atoms with van der Waals surface area (Å²) >= 11 is 0. The van der Waals surface area contributed by atoms with E-state index in [2.05, 4.69) is 6.92 Å². The Bertz CT molecular complexity index is 528. The molecule has 1 aromatic carbocycles. The molecule has 1 heterocycles. The maximum Gasteiger partial charge on any atom is 0.218 e. The Morgan fingerprint density at radius 3 is 2.84 bits per heavy atom. The Balaban J connectivity index is 2.09. The number of hydrogen-bond acceptors (Lipinski definition) is 3. The lowest BCUT2D eigenvalue weighted by Gasteiger charge is -2.20. The van der Waals surface area contributed by atoms with Crippen molar-refractivity contribution < 1.29 is 8.42 Å². The summed E-state index contributed by atoms with van der Waals surface area (Å²) < 4.78 is 26.5. The van der Waals surface area contributed by atoms with Crippen LogP contribution in [0.2, 0.25) is 0 Å². The quantitative estimate of drug-likeness (QED) is 0.865. The van der Waals surface area contributed by atoms with Gasteiger partial charge in [0, 0.05) is 18.8 Å². The maximum atomic E-state index is 12.4. The van der Waals surface area contributed by atoms with Gasteiger partial charge in [-0.15, -0.1) is 0 Å². The predicted molar refractivity (Wildman–Crippen MR) is 78.1 cm³/mol. The molecule has 5 heteroatoms. The van der Waals surface area contributed by atoms with E-state index in [4.69, 9.17) is 5.73 Å². The van der Waals surface area contributed by atoms with Crippen LogP contribution in [0.4, 0.5) is 5.69 Å². The summed E-state index contributed by atoms with van der Waals surface area (Å²) in [6.07, 6.45) is 3.03. The summed E-state index contributed by atoms with van der Waals surface area (Å²) in [4.78, 5) is 0. The Kier molecular flexibility index (Phi) is 4.47. The topological polar surface area (TPSA) is 63.4 Å². The van der Waals surface area contributed by atoms with Gasteiger partial charge in [-0.2, -0.15) is 0 Å². The molecule has 1 fully saturated rings. The highest BCUT2D eigenvalue weighted by Gasteiger charge is 2.24. The molecular formula is C14H22N2O2S. The maximum absolute atomic E-state index is 12.4. The van der Waals surface area contributed by atoms with E-state index in [-0.39, 0.29) is 5.75 Å². The molecule has 0 aromatic heterocycles. The minimum atomic E-state index is -3.22. The zero-order valence-corrected chi connectivity index (χ0v) is 12.2. The fraction of sp³-hybridized carbons (Fsp3) is 0.571. The van der Waals surface area contributed by atoms with Gasteiger partial charge in [-0.3, -0.25) is 0 Å². The molecule has 2 N–H and O–H groups in total. The number of benzene rings is 1. The van der Waals surface area contributed by atoms with E-state index >= 15 is 0 Å². The average Bonchev–Trinajstić information content (AvgIpc) is 2.54. The highest BCUT2D eigenvalue weighted by molar-refractivity contribution is 7.88. The second kappa shape index (κ2) is 5.92. The van der Waals surface area contributed by atoms with E-state index in [1.165, 1.54) is 0 Å². The first-order valence-electron chi connectivity index (χ1n) is 6.79. The van der Waals surface area contributed by atoms with Crippen molar-refractivity contribution in [1.29, 1.82) is 0 Å². The van der Waals surface area contributed by atoms with Crippen molar-refractivity contribution in [2.75, 3.05) is 18.8 Å². The van der Waals surface area contributed by atoms with E-state index in [1.807, 2.05) is 6.07 Å². The average molecular weight is 282 g/mol. The largest absolute Gasteiger partial charge is 0.399 e. The van der Waals surface area contributed by atoms with E-state index in [9.17, 15) is 8.42 Å². The molecule has 0 aliphatic carbocycles. The molecule has 0 saturated carbocycles. The van der Waals surface area contributed by atoms with E-state index in [0.717, 1.165) is 24.8 Å². The zero-order valence-electron chi connectivity index (χ0n) is 11.4. The molecule has 1 atom stereocenters. The predicted octanol–water partition coefficient (Wildman–Crippen LogP) is 2.22. The van der Waals surface area contributed by atoms with Gasteiger partial charge in [0.1, 0.15) is 0 Å². The van der Waals surface area contributed by atoms with Crippen molar-refractivity contribution in [2.24, 2.45) is 5.92 Å². The fourth-order valence-electron chi connectivity index (χ4n) is 2.50. The second-order valence-electron chi connectivity index (χ2n) is 5.44. The summed E-state index contributed by atoms with van der Waals surface area (Å²) in [6.45, 7) is 3.48. The Morgan fingerprint density at radius 2 is 2.11 bits per heavy atom. The molecule has 0 amide bonds. The van der Waals surface area contributed by atoms with Gasteiger partial charge in [-0.05, 0) is 42.9 Å². The van der Waals surface area contributed by atoms with Gasteiger partial charge in [0.05, 0.1) is 5.75 Å². The van der Waals surface area contributed by atoms with E-state index in [1.54, 1.807) is 22.5 Å². The number of hydrogen-bond donors (Lipinski definition) is 1. The SMILES string of the molecule is CC1CCCN(S(=O)(=O)Cc2cccc(N)c2)CC1. The highest BCUT2D eigenvalue weighted by Crippen LogP contribution is 2.21. The third-order valence-electron chi connectivity index (χ3n) is 3.67. The summed E-state index contributed by atoms with van der Waals surface area (Å²) in [5.74, 6) is 0.666. The normalized spacial score (nSPS) is 22.1. The van der Waals surface area contributed by atoms with Gasteiger partial charge in [0.25, 0.3) is 0 Å². The zero-order chi connectivity index (χ0) is 13.9. The number of rotatable bonds is 3. The van der Waals surface area contributed by atoms with E-state index < -0.39 is 10.0 Å². The monoisotopic (exact) mass is 282 g/mol. The Labute approximate surface area is 115 Å². The first kappa shape index (κ1) is 14.3. The number of anilines is 1. The lowest BCUT2D eigenvalue weighted by atomic mass is 10.0. The van der Waals surface area contributed by atoms with Crippen molar-refractivity contribution in [3.8, 4) is 0 Å². The fourth-order valence-corrected chi connectivity index (χ4v) is 4.07. The summed E-state index contributed by atoms with van der Waals surface area (Å²) in [7, 11) is -3.22. The molecule has 0 spiro atoms. The lowest BCUT2D eigenvalue weighted by molar-refractivity contribution is 0.416. The van der Waals surface area contributed by atoms with Crippen molar-refractivity contribution in [3.63, 3.8) is 0 Å². The van der Waals surface area contributed by atoms with Gasteiger partial charge in [-0.25, -0.2) is 12.7 Å². The van der Waals surface area contributed by atoms with Crippen LogP contribution in [0.5, 0.6) is 0 Å². The van der Waals surface area contributed by atoms with Crippen LogP contribution in [0.25, 0.3) is 0 Å². The van der Waals surface area contributed by atoms with Crippen LogP contribution < -0.4 is 5.73 Å². The first-order chi connectivity index (χ1) is 8.97. The van der Waals surface area contributed by atoms with Crippen molar-refractivity contribution in [1.82, 2.24) is 4.31 Å². The van der Waals surface area contributed by atoms with Crippen molar-refractivity contribution in [2.45, 2.75) is 31.9 Å². The van der Waals surface area contributed by atoms with Crippen LogP contribution >= 0.6 is 0 Å². The molecule has 1 aliphatic rings. The standard InChI is InChI=1S/C14H22N2O2S/c1-12-4-3-8-16(9-7-12)19(17,18)11-13-5-2-6-14(15)10-13/h2,5-6,10,12H,3-4,7-9,11,15H2,1H3. The minimum absolute atomic E-state index is 0.0480. The summed E-state index contributed by atoms with van der Waals surface area (Å²) in [5.41, 5.74) is 7.06. The molecule has 0 bridgehead atoms. The molecule has 1 unspecified atom stereocenters. The van der Waals surface area contributed by atoms with Gasteiger partial charge in [0.15, 0.2) is 0 Å². The molecule has 2 rings (SSSR count). The second-order valence-corrected chi connectivity index (χ2v) is 7.41. The lowest BCUT2D eigenvalue weighted by Crippen LogP contribution is -2.33. The minimum Gasteiger partial charge on any atom is -0.399 e. The Morgan fingerprint density at radius 1 is 1.32 bits per heavy atom. The number of sulfonamides is 1. The molecule has 4 nitrogen and oxygen atoms in total. The number of nitrogen functional groups attached to an aromatic ring is 1. The van der Waals surface area contributed by atoms with Gasteiger partial charge < -0.3 is 5.73 Å². The molecule has 0 radical (unpaired) electrons. The highest BCUT2D eigenvalue weighted by atomic mass is 32.2. The molecule has 1 saturated heterocycles. The van der Waals surface area contributed by atoms with Gasteiger partial charge in [-0.1, -0.05) is 19.1 Å². The molecule has 1 aliphatic heterocycles. The van der Waals surface area contributed by atoms with Crippen LogP contribution in [0.1, 0.15) is 31.7 Å². The van der Waals surface area contributed by atoms with Crippen molar-refractivity contribution >= 4 is 15.7 Å². The van der Waals surface area contributed by atoms with Crippen LogP contribution in [-0.2, 0) is 15.8 Å². The van der Waals surface area contributed by atoms with E-state index in [0.29, 0.717) is 24.7 Å². The molecule has 1 aromatic rings.